The topological polar surface area (TPSA) is 60.2 Å². The minimum absolute atomic E-state index is 0.0298. The number of hydrogen-bond donors (Lipinski definition) is 2. The van der Waals surface area contributed by atoms with E-state index in [1.54, 1.807) is 12.4 Å². The molecule has 1 fully saturated rings. The average Bonchev–Trinajstić information content (AvgIpc) is 2.60. The monoisotopic (exact) mass is 271 g/mol. The largest absolute Gasteiger partial charge is 0.396 e. The predicted octanol–water partition coefficient (Wildman–Crippen LogP) is 2.02. The van der Waals surface area contributed by atoms with Gasteiger partial charge < -0.3 is 15.8 Å². The molecule has 1 atom stereocenters. The molecule has 1 aliphatic heterocycles. The van der Waals surface area contributed by atoms with Crippen LogP contribution in [-0.2, 0) is 4.74 Å². The lowest BCUT2D eigenvalue weighted by Crippen LogP contribution is -2.35. The van der Waals surface area contributed by atoms with Crippen LogP contribution in [0.15, 0.2) is 16.9 Å². The fraction of sp³-hybridized carbons (Fsp3) is 0.500. The number of nitrogen functional groups attached to an aromatic ring is 1. The minimum Gasteiger partial charge on any atom is -0.396 e. The van der Waals surface area contributed by atoms with Gasteiger partial charge in [-0.05, 0) is 29.3 Å². The molecule has 1 aliphatic rings. The van der Waals surface area contributed by atoms with Gasteiger partial charge in [-0.3, -0.25) is 4.98 Å². The maximum atomic E-state index is 5.86. The van der Waals surface area contributed by atoms with Crippen LogP contribution in [0.25, 0.3) is 0 Å². The van der Waals surface area contributed by atoms with Crippen molar-refractivity contribution in [1.82, 2.24) is 4.98 Å². The molecule has 1 saturated heterocycles. The maximum Gasteiger partial charge on any atom is 0.0755 e. The Morgan fingerprint density at radius 1 is 1.60 bits per heavy atom. The van der Waals surface area contributed by atoms with Crippen LogP contribution in [0.1, 0.15) is 13.3 Å². The number of rotatable bonds is 2. The van der Waals surface area contributed by atoms with E-state index in [-0.39, 0.29) is 5.54 Å². The number of nitrogens with zero attached hydrogens (tertiary/aromatic N) is 1. The van der Waals surface area contributed by atoms with E-state index in [4.69, 9.17) is 10.5 Å². The standard InChI is InChI=1S/C10H14BrN3O/c1-10(2-3-15-6-10)14-9-7(11)4-13-5-8(9)12/h4-5H,2-3,6,12H2,1H3,(H,13,14). The second-order valence-corrected chi connectivity index (χ2v) is 4.93. The van der Waals surface area contributed by atoms with Crippen LogP contribution in [0, 0.1) is 0 Å². The molecule has 2 heterocycles. The lowest BCUT2D eigenvalue weighted by Gasteiger charge is -2.26. The number of pyridine rings is 1. The number of nitrogens with two attached hydrogens (primary N) is 1. The van der Waals surface area contributed by atoms with Gasteiger partial charge in [0.05, 0.1) is 34.2 Å². The highest BCUT2D eigenvalue weighted by Gasteiger charge is 2.30. The van der Waals surface area contributed by atoms with Crippen LogP contribution in [0.4, 0.5) is 11.4 Å². The number of nitrogens with one attached hydrogen (secondary N) is 1. The summed E-state index contributed by atoms with van der Waals surface area (Å²) in [5.41, 5.74) is 7.38. The van der Waals surface area contributed by atoms with Gasteiger partial charge in [-0.1, -0.05) is 0 Å². The van der Waals surface area contributed by atoms with Crippen molar-refractivity contribution >= 4 is 27.3 Å². The Kier molecular flexibility index (Phi) is 2.84. The number of halogens is 1. The molecule has 15 heavy (non-hydrogen) atoms. The lowest BCUT2D eigenvalue weighted by atomic mass is 10.0. The van der Waals surface area contributed by atoms with Gasteiger partial charge in [-0.15, -0.1) is 0 Å². The Labute approximate surface area is 97.3 Å². The summed E-state index contributed by atoms with van der Waals surface area (Å²) < 4.78 is 6.26. The van der Waals surface area contributed by atoms with Gasteiger partial charge in [-0.2, -0.15) is 0 Å². The molecule has 0 spiro atoms. The van der Waals surface area contributed by atoms with E-state index in [1.165, 1.54) is 0 Å². The summed E-state index contributed by atoms with van der Waals surface area (Å²) in [7, 11) is 0. The zero-order valence-electron chi connectivity index (χ0n) is 8.59. The Morgan fingerprint density at radius 3 is 3.00 bits per heavy atom. The lowest BCUT2D eigenvalue weighted by molar-refractivity contribution is 0.185. The van der Waals surface area contributed by atoms with Gasteiger partial charge in [0.2, 0.25) is 0 Å². The van der Waals surface area contributed by atoms with E-state index in [1.807, 2.05) is 0 Å². The molecule has 0 bridgehead atoms. The van der Waals surface area contributed by atoms with E-state index in [9.17, 15) is 0 Å². The third kappa shape index (κ3) is 2.23. The first-order valence-corrected chi connectivity index (χ1v) is 5.65. The van der Waals surface area contributed by atoms with Crippen LogP contribution in [0.3, 0.4) is 0 Å². The van der Waals surface area contributed by atoms with Gasteiger partial charge in [0.25, 0.3) is 0 Å². The molecule has 1 aromatic rings. The van der Waals surface area contributed by atoms with Crippen molar-refractivity contribution in [2.24, 2.45) is 0 Å². The fourth-order valence-electron chi connectivity index (χ4n) is 1.65. The molecule has 0 amide bonds. The SMILES string of the molecule is CC1(Nc2c(N)cncc2Br)CCOC1. The molecule has 2 rings (SSSR count). The van der Waals surface area contributed by atoms with E-state index in [0.29, 0.717) is 12.3 Å². The first-order chi connectivity index (χ1) is 7.11. The molecule has 4 nitrogen and oxygen atoms in total. The highest BCUT2D eigenvalue weighted by Crippen LogP contribution is 2.32. The highest BCUT2D eigenvalue weighted by molar-refractivity contribution is 9.10. The number of anilines is 2. The molecule has 0 aliphatic carbocycles. The summed E-state index contributed by atoms with van der Waals surface area (Å²) in [4.78, 5) is 4.00. The zero-order chi connectivity index (χ0) is 10.9. The van der Waals surface area contributed by atoms with Gasteiger partial charge in [0.1, 0.15) is 0 Å². The van der Waals surface area contributed by atoms with E-state index >= 15 is 0 Å². The van der Waals surface area contributed by atoms with Crippen molar-refractivity contribution in [2.45, 2.75) is 18.9 Å². The van der Waals surface area contributed by atoms with Gasteiger partial charge in [0.15, 0.2) is 0 Å². The van der Waals surface area contributed by atoms with Crippen LogP contribution in [0.5, 0.6) is 0 Å². The smallest absolute Gasteiger partial charge is 0.0755 e. The van der Waals surface area contributed by atoms with Crippen molar-refractivity contribution in [3.8, 4) is 0 Å². The first-order valence-electron chi connectivity index (χ1n) is 4.86. The van der Waals surface area contributed by atoms with E-state index in [0.717, 1.165) is 23.2 Å². The summed E-state index contributed by atoms with van der Waals surface area (Å²) in [6, 6.07) is 0. The summed E-state index contributed by atoms with van der Waals surface area (Å²) >= 11 is 3.43. The van der Waals surface area contributed by atoms with E-state index in [2.05, 4.69) is 33.2 Å². The highest BCUT2D eigenvalue weighted by atomic mass is 79.9. The molecule has 82 valence electrons. The van der Waals surface area contributed by atoms with Gasteiger partial charge in [0, 0.05) is 12.8 Å². The van der Waals surface area contributed by atoms with Crippen LogP contribution in [0.2, 0.25) is 0 Å². The fourth-order valence-corrected chi connectivity index (χ4v) is 2.10. The van der Waals surface area contributed by atoms with Gasteiger partial charge >= 0.3 is 0 Å². The second kappa shape index (κ2) is 3.98. The second-order valence-electron chi connectivity index (χ2n) is 4.07. The summed E-state index contributed by atoms with van der Waals surface area (Å²) in [5, 5.41) is 3.42. The Bertz CT molecular complexity index is 343. The summed E-state index contributed by atoms with van der Waals surface area (Å²) in [6.07, 6.45) is 4.37. The summed E-state index contributed by atoms with van der Waals surface area (Å²) in [5.74, 6) is 0. The molecule has 0 aromatic carbocycles. The Balaban J connectivity index is 2.23. The molecule has 1 unspecified atom stereocenters. The van der Waals surface area contributed by atoms with E-state index < -0.39 is 0 Å². The Morgan fingerprint density at radius 2 is 2.40 bits per heavy atom. The number of aromatic nitrogens is 1. The molecule has 0 saturated carbocycles. The predicted molar refractivity (Wildman–Crippen MR) is 63.8 cm³/mol. The van der Waals surface area contributed by atoms with Crippen molar-refractivity contribution in [2.75, 3.05) is 24.3 Å². The third-order valence-corrected chi connectivity index (χ3v) is 3.18. The molecular weight excluding hydrogens is 258 g/mol. The van der Waals surface area contributed by atoms with Crippen LogP contribution >= 0.6 is 15.9 Å². The normalized spacial score (nSPS) is 25.5. The van der Waals surface area contributed by atoms with Crippen molar-refractivity contribution < 1.29 is 4.74 Å². The van der Waals surface area contributed by atoms with Gasteiger partial charge in [-0.25, -0.2) is 0 Å². The molecule has 1 aromatic heterocycles. The minimum atomic E-state index is -0.0298. The number of ether oxygens (including phenoxy) is 1. The summed E-state index contributed by atoms with van der Waals surface area (Å²) in [6.45, 7) is 3.64. The van der Waals surface area contributed by atoms with Crippen molar-refractivity contribution in [3.05, 3.63) is 16.9 Å². The van der Waals surface area contributed by atoms with Crippen LogP contribution < -0.4 is 11.1 Å². The van der Waals surface area contributed by atoms with Crippen molar-refractivity contribution in [3.63, 3.8) is 0 Å². The first kappa shape index (κ1) is 10.7. The molecule has 5 heteroatoms. The number of hydrogen-bond acceptors (Lipinski definition) is 4. The average molecular weight is 272 g/mol. The Hall–Kier alpha value is -0.810. The van der Waals surface area contributed by atoms with Crippen molar-refractivity contribution in [1.29, 1.82) is 0 Å². The third-order valence-electron chi connectivity index (χ3n) is 2.57. The molecule has 3 N–H and O–H groups in total. The molecule has 0 radical (unpaired) electrons. The zero-order valence-corrected chi connectivity index (χ0v) is 10.2. The molecular formula is C10H14BrN3O. The van der Waals surface area contributed by atoms with Crippen LogP contribution in [-0.4, -0.2) is 23.7 Å². The quantitative estimate of drug-likeness (QED) is 0.864. The maximum absolute atomic E-state index is 5.86.